The summed E-state index contributed by atoms with van der Waals surface area (Å²) in [6.07, 6.45) is 0.727. The van der Waals surface area contributed by atoms with Crippen molar-refractivity contribution in [2.24, 2.45) is 0 Å². The molecule has 0 unspecified atom stereocenters. The third-order valence-corrected chi connectivity index (χ3v) is 4.30. The Morgan fingerprint density at radius 1 is 1.04 bits per heavy atom. The summed E-state index contributed by atoms with van der Waals surface area (Å²) in [5.74, 6) is -0.128. The average Bonchev–Trinajstić information content (AvgIpc) is 2.67. The summed E-state index contributed by atoms with van der Waals surface area (Å²) in [7, 11) is 2.82. The lowest BCUT2D eigenvalue weighted by atomic mass is 10.1. The van der Waals surface area contributed by atoms with Gasteiger partial charge in [0.1, 0.15) is 5.75 Å². The van der Waals surface area contributed by atoms with Gasteiger partial charge in [0.15, 0.2) is 11.5 Å². The van der Waals surface area contributed by atoms with E-state index in [9.17, 15) is 14.7 Å². The van der Waals surface area contributed by atoms with Crippen molar-refractivity contribution in [1.29, 1.82) is 0 Å². The van der Waals surface area contributed by atoms with Gasteiger partial charge in [-0.3, -0.25) is 4.79 Å². The molecule has 0 saturated carbocycles. The van der Waals surface area contributed by atoms with E-state index >= 15 is 0 Å². The number of aryl methyl sites for hydroxylation is 2. The fourth-order valence-electron chi connectivity index (χ4n) is 2.62. The molecule has 2 aromatic carbocycles. The molecule has 0 atom stereocenters. The summed E-state index contributed by atoms with van der Waals surface area (Å²) < 4.78 is 16.1. The van der Waals surface area contributed by atoms with Crippen molar-refractivity contribution in [3.05, 3.63) is 47.0 Å². The molecular weight excluding hydrogens is 362 g/mol. The fraction of sp³-hybridized carbons (Fsp3) is 0.333. The van der Waals surface area contributed by atoms with Gasteiger partial charge in [-0.2, -0.15) is 0 Å². The van der Waals surface area contributed by atoms with E-state index in [1.165, 1.54) is 31.9 Å². The Labute approximate surface area is 164 Å². The van der Waals surface area contributed by atoms with Crippen molar-refractivity contribution < 1.29 is 28.9 Å². The van der Waals surface area contributed by atoms with E-state index in [-0.39, 0.29) is 35.1 Å². The number of rotatable bonds is 9. The van der Waals surface area contributed by atoms with Gasteiger partial charge in [0.05, 0.1) is 32.1 Å². The molecule has 2 rings (SSSR count). The van der Waals surface area contributed by atoms with Crippen LogP contribution in [0.4, 0.5) is 5.69 Å². The highest BCUT2D eigenvalue weighted by molar-refractivity contribution is 5.96. The summed E-state index contributed by atoms with van der Waals surface area (Å²) >= 11 is 0. The fourth-order valence-corrected chi connectivity index (χ4v) is 2.62. The number of hydrogen-bond donors (Lipinski definition) is 2. The molecule has 2 aromatic rings. The van der Waals surface area contributed by atoms with Crippen LogP contribution < -0.4 is 19.5 Å². The lowest BCUT2D eigenvalue weighted by Crippen LogP contribution is -2.14. The normalized spacial score (nSPS) is 10.3. The molecule has 0 fully saturated rings. The molecule has 0 spiro atoms. The molecule has 7 heteroatoms. The largest absolute Gasteiger partial charge is 0.494 e. The number of nitrogens with one attached hydrogen (secondary N) is 1. The highest BCUT2D eigenvalue weighted by Crippen LogP contribution is 2.36. The Morgan fingerprint density at radius 3 is 2.39 bits per heavy atom. The zero-order chi connectivity index (χ0) is 20.7. The first kappa shape index (κ1) is 21.1. The van der Waals surface area contributed by atoms with Crippen LogP contribution in [-0.4, -0.2) is 37.8 Å². The summed E-state index contributed by atoms with van der Waals surface area (Å²) in [4.78, 5) is 23.5. The van der Waals surface area contributed by atoms with Crippen molar-refractivity contribution in [2.45, 2.75) is 26.7 Å². The molecule has 150 valence electrons. The molecule has 0 radical (unpaired) electrons. The smallest absolute Gasteiger partial charge is 0.335 e. The molecule has 0 aliphatic carbocycles. The van der Waals surface area contributed by atoms with Crippen LogP contribution in [0.2, 0.25) is 0 Å². The van der Waals surface area contributed by atoms with E-state index in [0.717, 1.165) is 11.3 Å². The van der Waals surface area contributed by atoms with Crippen molar-refractivity contribution in [2.75, 3.05) is 26.1 Å². The quantitative estimate of drug-likeness (QED) is 0.636. The topological polar surface area (TPSA) is 94.1 Å². The minimum Gasteiger partial charge on any atom is -0.494 e. The van der Waals surface area contributed by atoms with E-state index in [0.29, 0.717) is 13.0 Å². The summed E-state index contributed by atoms with van der Waals surface area (Å²) in [6.45, 7) is 4.44. The van der Waals surface area contributed by atoms with Crippen LogP contribution in [0.5, 0.6) is 17.2 Å². The molecule has 28 heavy (non-hydrogen) atoms. The van der Waals surface area contributed by atoms with Crippen molar-refractivity contribution in [1.82, 2.24) is 0 Å². The molecule has 0 aliphatic rings. The van der Waals surface area contributed by atoms with Gasteiger partial charge in [0.2, 0.25) is 5.91 Å². The van der Waals surface area contributed by atoms with Gasteiger partial charge in [0.25, 0.3) is 0 Å². The molecular formula is C21H25NO6. The number of carboxylic acid groups (broad SMARTS) is 1. The van der Waals surface area contributed by atoms with Crippen molar-refractivity contribution in [3.8, 4) is 17.2 Å². The number of hydrogen-bond acceptors (Lipinski definition) is 5. The highest BCUT2D eigenvalue weighted by atomic mass is 16.5. The molecule has 0 saturated heterocycles. The first-order chi connectivity index (χ1) is 13.3. The predicted octanol–water partition coefficient (Wildman–Crippen LogP) is 3.82. The Bertz CT molecular complexity index is 862. The van der Waals surface area contributed by atoms with Crippen LogP contribution in [0.25, 0.3) is 0 Å². The maximum atomic E-state index is 12.3. The summed E-state index contributed by atoms with van der Waals surface area (Å²) in [6, 6.07) is 8.54. The van der Waals surface area contributed by atoms with Crippen LogP contribution in [0.15, 0.2) is 30.3 Å². The summed E-state index contributed by atoms with van der Waals surface area (Å²) in [5.41, 5.74) is 2.58. The second kappa shape index (κ2) is 9.64. The Hall–Kier alpha value is -3.22. The van der Waals surface area contributed by atoms with Gasteiger partial charge < -0.3 is 24.6 Å². The Kier molecular flexibility index (Phi) is 7.26. The Balaban J connectivity index is 1.95. The second-order valence-electron chi connectivity index (χ2n) is 6.31. The minimum absolute atomic E-state index is 0.00831. The number of amides is 1. The van der Waals surface area contributed by atoms with E-state index in [1.807, 2.05) is 32.0 Å². The molecule has 2 N–H and O–H groups in total. The molecule has 0 aromatic heterocycles. The SMILES string of the molecule is COc1cc(C(=O)O)cc(NC(=O)CCCOc2ccc(C)c(C)c2)c1OC. The van der Waals surface area contributed by atoms with E-state index in [1.54, 1.807) is 0 Å². The van der Waals surface area contributed by atoms with Crippen LogP contribution in [0.1, 0.15) is 34.3 Å². The van der Waals surface area contributed by atoms with E-state index in [4.69, 9.17) is 14.2 Å². The first-order valence-corrected chi connectivity index (χ1v) is 8.85. The van der Waals surface area contributed by atoms with E-state index < -0.39 is 5.97 Å². The minimum atomic E-state index is -1.13. The number of anilines is 1. The zero-order valence-electron chi connectivity index (χ0n) is 16.5. The maximum absolute atomic E-state index is 12.3. The monoisotopic (exact) mass is 387 g/mol. The number of carboxylic acids is 1. The highest BCUT2D eigenvalue weighted by Gasteiger charge is 2.17. The number of carbonyl (C=O) groups is 2. The molecule has 0 bridgehead atoms. The maximum Gasteiger partial charge on any atom is 0.335 e. The average molecular weight is 387 g/mol. The van der Waals surface area contributed by atoms with Crippen LogP contribution in [-0.2, 0) is 4.79 Å². The molecule has 0 heterocycles. The molecule has 1 amide bonds. The van der Waals surface area contributed by atoms with Gasteiger partial charge >= 0.3 is 5.97 Å². The van der Waals surface area contributed by atoms with E-state index in [2.05, 4.69) is 5.32 Å². The number of aromatic carboxylic acids is 1. The third-order valence-electron chi connectivity index (χ3n) is 4.30. The van der Waals surface area contributed by atoms with Crippen LogP contribution >= 0.6 is 0 Å². The second-order valence-corrected chi connectivity index (χ2v) is 6.31. The molecule has 0 aliphatic heterocycles. The first-order valence-electron chi connectivity index (χ1n) is 8.85. The number of methoxy groups -OCH3 is 2. The van der Waals surface area contributed by atoms with Gasteiger partial charge in [-0.15, -0.1) is 0 Å². The predicted molar refractivity (Wildman–Crippen MR) is 106 cm³/mol. The van der Waals surface area contributed by atoms with Crippen molar-refractivity contribution >= 4 is 17.6 Å². The van der Waals surface area contributed by atoms with Crippen molar-refractivity contribution in [3.63, 3.8) is 0 Å². The summed E-state index contributed by atoms with van der Waals surface area (Å²) in [5, 5.41) is 11.9. The van der Waals surface area contributed by atoms with Gasteiger partial charge in [-0.25, -0.2) is 4.79 Å². The number of carbonyl (C=O) groups excluding carboxylic acids is 1. The van der Waals surface area contributed by atoms with Crippen LogP contribution in [0.3, 0.4) is 0 Å². The zero-order valence-corrected chi connectivity index (χ0v) is 16.5. The van der Waals surface area contributed by atoms with Gasteiger partial charge in [-0.1, -0.05) is 6.07 Å². The lowest BCUT2D eigenvalue weighted by molar-refractivity contribution is -0.116. The Morgan fingerprint density at radius 2 is 1.79 bits per heavy atom. The molecule has 7 nitrogen and oxygen atoms in total. The van der Waals surface area contributed by atoms with Gasteiger partial charge in [-0.05, 0) is 55.7 Å². The van der Waals surface area contributed by atoms with Gasteiger partial charge in [0, 0.05) is 6.42 Å². The number of benzene rings is 2. The number of ether oxygens (including phenoxy) is 3. The standard InChI is InChI=1S/C21H25NO6/c1-13-7-8-16(10-14(13)2)28-9-5-6-19(23)22-17-11-15(21(24)25)12-18(26-3)20(17)27-4/h7-8,10-12H,5-6,9H2,1-4H3,(H,22,23)(H,24,25). The lowest BCUT2D eigenvalue weighted by Gasteiger charge is -2.15. The van der Waals surface area contributed by atoms with Crippen LogP contribution in [0, 0.1) is 13.8 Å². The third kappa shape index (κ3) is 5.39.